The van der Waals surface area contributed by atoms with Gasteiger partial charge >= 0.3 is 5.97 Å². The van der Waals surface area contributed by atoms with Crippen LogP contribution in [0.4, 0.5) is 0 Å². The summed E-state index contributed by atoms with van der Waals surface area (Å²) < 4.78 is 5.90. The minimum Gasteiger partial charge on any atom is -0.496 e. The lowest BCUT2D eigenvalue weighted by Gasteiger charge is -2.06. The molecule has 2 rings (SSSR count). The fourth-order valence-electron chi connectivity index (χ4n) is 1.44. The molecular weight excluding hydrogens is 288 g/mol. The van der Waals surface area contributed by atoms with Crippen LogP contribution in [0.3, 0.4) is 0 Å². The smallest absolute Gasteiger partial charge is 0.353 e. The number of ether oxygens (including phenoxy) is 1. The van der Waals surface area contributed by atoms with Gasteiger partial charge in [-0.2, -0.15) is 5.10 Å². The molecule has 1 heterocycles. The number of aromatic amines is 1. The van der Waals surface area contributed by atoms with Crippen LogP contribution in [0.2, 0.25) is 0 Å². The number of nitrogens with zero attached hydrogens (tertiary/aromatic N) is 1. The number of carbonyl (C=O) groups is 1. The quantitative estimate of drug-likeness (QED) is 0.913. The number of benzene rings is 1. The lowest BCUT2D eigenvalue weighted by atomic mass is 10.1. The molecule has 2 aromatic rings. The van der Waals surface area contributed by atoms with Crippen LogP contribution < -0.4 is 4.74 Å². The van der Waals surface area contributed by atoms with Crippen LogP contribution in [0, 0.1) is 0 Å². The van der Waals surface area contributed by atoms with Gasteiger partial charge in [0.25, 0.3) is 0 Å². The summed E-state index contributed by atoms with van der Waals surface area (Å²) in [6.07, 6.45) is 0. The van der Waals surface area contributed by atoms with E-state index in [4.69, 9.17) is 9.84 Å². The van der Waals surface area contributed by atoms with E-state index in [0.29, 0.717) is 11.4 Å². The molecule has 1 aromatic carbocycles. The van der Waals surface area contributed by atoms with Crippen LogP contribution in [0.15, 0.2) is 28.7 Å². The maximum Gasteiger partial charge on any atom is 0.353 e. The number of hydrogen-bond donors (Lipinski definition) is 2. The van der Waals surface area contributed by atoms with Crippen molar-refractivity contribution in [2.24, 2.45) is 0 Å². The molecule has 0 saturated heterocycles. The molecule has 0 aliphatic carbocycles. The van der Waals surface area contributed by atoms with Crippen molar-refractivity contribution in [1.82, 2.24) is 10.2 Å². The summed E-state index contributed by atoms with van der Waals surface area (Å²) in [5, 5.41) is 15.2. The van der Waals surface area contributed by atoms with Gasteiger partial charge in [0.1, 0.15) is 11.4 Å². The topological polar surface area (TPSA) is 75.2 Å². The number of H-pyrrole nitrogens is 1. The molecule has 0 atom stereocenters. The number of hydrogen-bond acceptors (Lipinski definition) is 3. The van der Waals surface area contributed by atoms with E-state index in [2.05, 4.69) is 26.1 Å². The average molecular weight is 297 g/mol. The Morgan fingerprint density at radius 1 is 1.53 bits per heavy atom. The van der Waals surface area contributed by atoms with Crippen molar-refractivity contribution in [1.29, 1.82) is 0 Å². The average Bonchev–Trinajstić information content (AvgIpc) is 2.78. The molecular formula is C11H9BrN2O3. The number of rotatable bonds is 3. The highest BCUT2D eigenvalue weighted by Crippen LogP contribution is 2.34. The van der Waals surface area contributed by atoms with Gasteiger partial charge in [-0.15, -0.1) is 0 Å². The Bertz CT molecular complexity index is 566. The molecule has 17 heavy (non-hydrogen) atoms. The Labute approximate surface area is 106 Å². The molecule has 0 unspecified atom stereocenters. The molecule has 0 radical (unpaired) electrons. The van der Waals surface area contributed by atoms with Gasteiger partial charge in [-0.25, -0.2) is 4.79 Å². The highest BCUT2D eigenvalue weighted by atomic mass is 79.9. The van der Waals surface area contributed by atoms with Gasteiger partial charge in [-0.1, -0.05) is 12.1 Å². The van der Waals surface area contributed by atoms with Crippen LogP contribution in [-0.4, -0.2) is 28.4 Å². The summed E-state index contributed by atoms with van der Waals surface area (Å²) in [6, 6.07) is 6.92. The maximum atomic E-state index is 10.7. The zero-order chi connectivity index (χ0) is 12.4. The third-order valence-corrected chi connectivity index (χ3v) is 3.09. The third kappa shape index (κ3) is 2.16. The van der Waals surface area contributed by atoms with Crippen molar-refractivity contribution < 1.29 is 14.6 Å². The van der Waals surface area contributed by atoms with Gasteiger partial charge < -0.3 is 9.84 Å². The first-order valence-corrected chi connectivity index (χ1v) is 5.54. The molecule has 6 heteroatoms. The van der Waals surface area contributed by atoms with E-state index in [-0.39, 0.29) is 5.69 Å². The molecule has 0 aliphatic rings. The molecule has 0 aliphatic heterocycles. The van der Waals surface area contributed by atoms with Crippen LogP contribution in [0.5, 0.6) is 5.75 Å². The second-order valence-corrected chi connectivity index (χ2v) is 4.09. The van der Waals surface area contributed by atoms with E-state index in [1.54, 1.807) is 13.2 Å². The third-order valence-electron chi connectivity index (χ3n) is 2.27. The fourth-order valence-corrected chi connectivity index (χ4v) is 2.06. The molecule has 5 nitrogen and oxygen atoms in total. The van der Waals surface area contributed by atoms with E-state index in [0.717, 1.165) is 10.0 Å². The maximum absolute atomic E-state index is 10.7. The van der Waals surface area contributed by atoms with Crippen LogP contribution >= 0.6 is 15.9 Å². The lowest BCUT2D eigenvalue weighted by Crippen LogP contribution is -1.95. The van der Waals surface area contributed by atoms with Crippen LogP contribution in [-0.2, 0) is 0 Å². The molecule has 88 valence electrons. The standard InChI is InChI=1S/C11H9BrN2O3/c1-17-9-4-2-3-6(10(9)12)7-5-8(11(15)16)14-13-7/h2-5H,1H3,(H,13,14)(H,15,16). The van der Waals surface area contributed by atoms with Gasteiger partial charge in [0, 0.05) is 5.56 Å². The predicted octanol–water partition coefficient (Wildman–Crippen LogP) is 2.55. The monoisotopic (exact) mass is 296 g/mol. The van der Waals surface area contributed by atoms with Crippen LogP contribution in [0.1, 0.15) is 10.5 Å². The number of methoxy groups -OCH3 is 1. The molecule has 2 N–H and O–H groups in total. The van der Waals surface area contributed by atoms with Crippen molar-refractivity contribution in [3.8, 4) is 17.0 Å². The Morgan fingerprint density at radius 3 is 2.88 bits per heavy atom. The first-order chi connectivity index (χ1) is 8.13. The Balaban J connectivity index is 2.49. The molecule has 1 aromatic heterocycles. The van der Waals surface area contributed by atoms with Gasteiger partial charge in [-0.3, -0.25) is 5.10 Å². The van der Waals surface area contributed by atoms with Gasteiger partial charge in [-0.05, 0) is 28.1 Å². The zero-order valence-electron chi connectivity index (χ0n) is 8.90. The number of carboxylic acids is 1. The first-order valence-electron chi connectivity index (χ1n) is 4.75. The minimum atomic E-state index is -1.04. The van der Waals surface area contributed by atoms with E-state index in [1.807, 2.05) is 12.1 Å². The minimum absolute atomic E-state index is 0.0507. The molecule has 0 spiro atoms. The number of aromatic carboxylic acids is 1. The van der Waals surface area contributed by atoms with Crippen molar-refractivity contribution in [3.05, 3.63) is 34.4 Å². The number of aromatic nitrogens is 2. The van der Waals surface area contributed by atoms with Crippen molar-refractivity contribution in [2.75, 3.05) is 7.11 Å². The van der Waals surface area contributed by atoms with E-state index < -0.39 is 5.97 Å². The van der Waals surface area contributed by atoms with Gasteiger partial charge in [0.05, 0.1) is 17.3 Å². The molecule has 0 fully saturated rings. The SMILES string of the molecule is COc1cccc(-c2cc(C(=O)O)[nH]n2)c1Br. The summed E-state index contributed by atoms with van der Waals surface area (Å²) in [7, 11) is 1.57. The summed E-state index contributed by atoms with van der Waals surface area (Å²) >= 11 is 3.40. The van der Waals surface area contributed by atoms with Gasteiger partial charge in [0.2, 0.25) is 0 Å². The highest BCUT2D eigenvalue weighted by Gasteiger charge is 2.13. The second kappa shape index (κ2) is 4.58. The molecule has 0 bridgehead atoms. The summed E-state index contributed by atoms with van der Waals surface area (Å²) in [5.41, 5.74) is 1.37. The Hall–Kier alpha value is -1.82. The van der Waals surface area contributed by atoms with Crippen LogP contribution in [0.25, 0.3) is 11.3 Å². The van der Waals surface area contributed by atoms with E-state index >= 15 is 0 Å². The first kappa shape index (κ1) is 11.7. The summed E-state index contributed by atoms with van der Waals surface area (Å²) in [5.74, 6) is -0.370. The fraction of sp³-hybridized carbons (Fsp3) is 0.0909. The highest BCUT2D eigenvalue weighted by molar-refractivity contribution is 9.10. The largest absolute Gasteiger partial charge is 0.496 e. The predicted molar refractivity (Wildman–Crippen MR) is 65.2 cm³/mol. The number of carboxylic acid groups (broad SMARTS) is 1. The van der Waals surface area contributed by atoms with E-state index in [9.17, 15) is 4.79 Å². The molecule has 0 amide bonds. The molecule has 0 saturated carbocycles. The zero-order valence-corrected chi connectivity index (χ0v) is 10.5. The van der Waals surface area contributed by atoms with Gasteiger partial charge in [0.15, 0.2) is 0 Å². The Kier molecular flexibility index (Phi) is 3.14. The van der Waals surface area contributed by atoms with E-state index in [1.165, 1.54) is 6.07 Å². The lowest BCUT2D eigenvalue weighted by molar-refractivity contribution is 0.0690. The van der Waals surface area contributed by atoms with Crippen molar-refractivity contribution in [3.63, 3.8) is 0 Å². The Morgan fingerprint density at radius 2 is 2.29 bits per heavy atom. The van der Waals surface area contributed by atoms with Crippen molar-refractivity contribution >= 4 is 21.9 Å². The second-order valence-electron chi connectivity index (χ2n) is 3.29. The summed E-state index contributed by atoms with van der Waals surface area (Å²) in [6.45, 7) is 0. The number of halogens is 1. The summed E-state index contributed by atoms with van der Waals surface area (Å²) in [4.78, 5) is 10.7. The number of nitrogens with one attached hydrogen (secondary N) is 1. The van der Waals surface area contributed by atoms with Crippen molar-refractivity contribution in [2.45, 2.75) is 0 Å². The normalized spacial score (nSPS) is 10.2.